The number of thiazole rings is 1. The smallest absolute Gasteiger partial charge is 0.277 e. The zero-order valence-corrected chi connectivity index (χ0v) is 14.7. The van der Waals surface area contributed by atoms with E-state index in [2.05, 4.69) is 27.5 Å². The molecule has 0 saturated carbocycles. The number of aryl methyl sites for hydroxylation is 1. The van der Waals surface area contributed by atoms with Crippen LogP contribution in [0.15, 0.2) is 39.3 Å². The molecule has 2 aromatic heterocycles. The lowest BCUT2D eigenvalue weighted by molar-refractivity contribution is 0.252. The zero-order valence-electron chi connectivity index (χ0n) is 12.4. The van der Waals surface area contributed by atoms with Crippen molar-refractivity contribution in [1.82, 2.24) is 15.2 Å². The SMILES string of the molecule is CCc1nc(CSc2nnc(COc3ccc(Cl)cc3)o2)cs1. The lowest BCUT2D eigenvalue weighted by Gasteiger charge is -2.02. The molecular weight excluding hydrogens is 354 g/mol. The lowest BCUT2D eigenvalue weighted by Crippen LogP contribution is -1.95. The summed E-state index contributed by atoms with van der Waals surface area (Å²) in [4.78, 5) is 4.51. The number of nitrogens with zero attached hydrogens (tertiary/aromatic N) is 3. The van der Waals surface area contributed by atoms with E-state index in [0.29, 0.717) is 21.9 Å². The van der Waals surface area contributed by atoms with Gasteiger partial charge in [0.05, 0.1) is 10.7 Å². The second-order valence-corrected chi connectivity index (χ2v) is 6.88. The van der Waals surface area contributed by atoms with Crippen molar-refractivity contribution in [2.75, 3.05) is 0 Å². The maximum Gasteiger partial charge on any atom is 0.277 e. The fourth-order valence-electron chi connectivity index (χ4n) is 1.74. The Morgan fingerprint density at radius 1 is 1.26 bits per heavy atom. The third kappa shape index (κ3) is 4.70. The van der Waals surface area contributed by atoms with Gasteiger partial charge in [0.1, 0.15) is 5.75 Å². The summed E-state index contributed by atoms with van der Waals surface area (Å²) in [6.45, 7) is 2.33. The van der Waals surface area contributed by atoms with Gasteiger partial charge in [-0.1, -0.05) is 30.3 Å². The molecule has 0 N–H and O–H groups in total. The summed E-state index contributed by atoms with van der Waals surface area (Å²) in [7, 11) is 0. The number of ether oxygens (including phenoxy) is 1. The van der Waals surface area contributed by atoms with Crippen LogP contribution in [0.4, 0.5) is 0 Å². The minimum absolute atomic E-state index is 0.228. The summed E-state index contributed by atoms with van der Waals surface area (Å²) >= 11 is 8.97. The Morgan fingerprint density at radius 2 is 2.09 bits per heavy atom. The van der Waals surface area contributed by atoms with Crippen LogP contribution in [0.1, 0.15) is 23.5 Å². The number of hydrogen-bond donors (Lipinski definition) is 0. The largest absolute Gasteiger partial charge is 0.484 e. The highest BCUT2D eigenvalue weighted by Gasteiger charge is 2.09. The monoisotopic (exact) mass is 367 g/mol. The molecule has 3 aromatic rings. The number of benzene rings is 1. The first kappa shape index (κ1) is 16.3. The van der Waals surface area contributed by atoms with Crippen molar-refractivity contribution in [2.24, 2.45) is 0 Å². The zero-order chi connectivity index (χ0) is 16.1. The van der Waals surface area contributed by atoms with E-state index in [1.54, 1.807) is 35.6 Å². The summed E-state index contributed by atoms with van der Waals surface area (Å²) in [6, 6.07) is 7.12. The van der Waals surface area contributed by atoms with Gasteiger partial charge in [0, 0.05) is 16.2 Å². The number of thioether (sulfide) groups is 1. The molecule has 0 bridgehead atoms. The summed E-state index contributed by atoms with van der Waals surface area (Å²) in [6.07, 6.45) is 0.960. The number of halogens is 1. The molecule has 0 aliphatic heterocycles. The molecule has 0 saturated heterocycles. The quantitative estimate of drug-likeness (QED) is 0.568. The van der Waals surface area contributed by atoms with Crippen LogP contribution in [-0.2, 0) is 18.8 Å². The average molecular weight is 368 g/mol. The number of rotatable bonds is 7. The molecule has 23 heavy (non-hydrogen) atoms. The Bertz CT molecular complexity index is 758. The van der Waals surface area contributed by atoms with Crippen molar-refractivity contribution in [2.45, 2.75) is 30.9 Å². The van der Waals surface area contributed by atoms with Crippen molar-refractivity contribution in [3.05, 3.63) is 51.3 Å². The molecular formula is C15H14ClN3O2S2. The van der Waals surface area contributed by atoms with Crippen molar-refractivity contribution in [1.29, 1.82) is 0 Å². The summed E-state index contributed by atoms with van der Waals surface area (Å²) < 4.78 is 11.1. The molecule has 3 rings (SSSR count). The summed E-state index contributed by atoms with van der Waals surface area (Å²) in [5.41, 5.74) is 1.04. The molecule has 120 valence electrons. The lowest BCUT2D eigenvalue weighted by atomic mass is 10.3. The van der Waals surface area contributed by atoms with E-state index >= 15 is 0 Å². The van der Waals surface area contributed by atoms with Crippen LogP contribution in [0, 0.1) is 0 Å². The number of aromatic nitrogens is 3. The van der Waals surface area contributed by atoms with Crippen molar-refractivity contribution < 1.29 is 9.15 Å². The van der Waals surface area contributed by atoms with Gasteiger partial charge in [-0.3, -0.25) is 0 Å². The van der Waals surface area contributed by atoms with E-state index < -0.39 is 0 Å². The fourth-order valence-corrected chi connectivity index (χ4v) is 3.39. The third-order valence-electron chi connectivity index (χ3n) is 2.87. The average Bonchev–Trinajstić information content (AvgIpc) is 3.21. The highest BCUT2D eigenvalue weighted by molar-refractivity contribution is 7.98. The second-order valence-electron chi connectivity index (χ2n) is 4.58. The molecule has 0 spiro atoms. The van der Waals surface area contributed by atoms with E-state index in [1.807, 2.05) is 0 Å². The Balaban J connectivity index is 1.50. The Labute approximate surface area is 147 Å². The summed E-state index contributed by atoms with van der Waals surface area (Å²) in [5, 5.41) is 12.4. The van der Waals surface area contributed by atoms with Gasteiger partial charge >= 0.3 is 0 Å². The molecule has 8 heteroatoms. The molecule has 0 atom stereocenters. The van der Waals surface area contributed by atoms with Crippen LogP contribution >= 0.6 is 34.7 Å². The van der Waals surface area contributed by atoms with E-state index in [-0.39, 0.29) is 6.61 Å². The van der Waals surface area contributed by atoms with E-state index in [9.17, 15) is 0 Å². The molecule has 0 amide bonds. The van der Waals surface area contributed by atoms with Gasteiger partial charge in [0.15, 0.2) is 6.61 Å². The van der Waals surface area contributed by atoms with Crippen LogP contribution in [0.25, 0.3) is 0 Å². The van der Waals surface area contributed by atoms with Crippen molar-refractivity contribution in [3.8, 4) is 5.75 Å². The van der Waals surface area contributed by atoms with E-state index in [4.69, 9.17) is 20.8 Å². The normalized spacial score (nSPS) is 10.9. The molecule has 2 heterocycles. The van der Waals surface area contributed by atoms with Gasteiger partial charge in [0.25, 0.3) is 11.1 Å². The Morgan fingerprint density at radius 3 is 2.83 bits per heavy atom. The first-order chi connectivity index (χ1) is 11.2. The molecule has 0 fully saturated rings. The summed E-state index contributed by atoms with van der Waals surface area (Å²) in [5.74, 6) is 1.86. The van der Waals surface area contributed by atoms with Crippen LogP contribution < -0.4 is 4.74 Å². The topological polar surface area (TPSA) is 61.0 Å². The van der Waals surface area contributed by atoms with Gasteiger partial charge in [-0.2, -0.15) is 0 Å². The standard InChI is InChI=1S/C15H14ClN3O2S2/c1-2-14-17-11(8-22-14)9-23-15-19-18-13(21-15)7-20-12-5-3-10(16)4-6-12/h3-6,8H,2,7,9H2,1H3. The van der Waals surface area contributed by atoms with Gasteiger partial charge in [-0.05, 0) is 30.7 Å². The predicted octanol–water partition coefficient (Wildman–Crippen LogP) is 4.61. The second kappa shape index (κ2) is 7.81. The maximum atomic E-state index is 5.82. The molecule has 5 nitrogen and oxygen atoms in total. The highest BCUT2D eigenvalue weighted by atomic mass is 35.5. The van der Waals surface area contributed by atoms with Gasteiger partial charge < -0.3 is 9.15 Å². The molecule has 0 aliphatic carbocycles. The molecule has 0 unspecified atom stereocenters. The van der Waals surface area contributed by atoms with E-state index in [1.165, 1.54) is 11.8 Å². The van der Waals surface area contributed by atoms with Crippen LogP contribution in [0.5, 0.6) is 5.75 Å². The molecule has 1 aromatic carbocycles. The minimum Gasteiger partial charge on any atom is -0.484 e. The first-order valence-electron chi connectivity index (χ1n) is 6.99. The minimum atomic E-state index is 0.228. The van der Waals surface area contributed by atoms with Crippen LogP contribution in [0.3, 0.4) is 0 Å². The fraction of sp³-hybridized carbons (Fsp3) is 0.267. The van der Waals surface area contributed by atoms with Crippen molar-refractivity contribution in [3.63, 3.8) is 0 Å². The Kier molecular flexibility index (Phi) is 5.53. The van der Waals surface area contributed by atoms with Crippen LogP contribution in [0.2, 0.25) is 5.02 Å². The van der Waals surface area contributed by atoms with Gasteiger partial charge in [-0.25, -0.2) is 4.98 Å². The van der Waals surface area contributed by atoms with Gasteiger partial charge in [-0.15, -0.1) is 21.5 Å². The third-order valence-corrected chi connectivity index (χ3v) is 5.02. The van der Waals surface area contributed by atoms with Gasteiger partial charge in [0.2, 0.25) is 0 Å². The maximum absolute atomic E-state index is 5.82. The van der Waals surface area contributed by atoms with Crippen molar-refractivity contribution >= 4 is 34.7 Å². The molecule has 0 radical (unpaired) electrons. The Hall–Kier alpha value is -1.57. The molecule has 0 aliphatic rings. The van der Waals surface area contributed by atoms with Crippen LogP contribution in [-0.4, -0.2) is 15.2 Å². The number of hydrogen-bond acceptors (Lipinski definition) is 7. The first-order valence-corrected chi connectivity index (χ1v) is 9.24. The highest BCUT2D eigenvalue weighted by Crippen LogP contribution is 2.23. The van der Waals surface area contributed by atoms with E-state index in [0.717, 1.165) is 22.9 Å². The predicted molar refractivity (Wildman–Crippen MR) is 91.1 cm³/mol.